The van der Waals surface area contributed by atoms with E-state index in [1.807, 2.05) is 30.3 Å². The van der Waals surface area contributed by atoms with Gasteiger partial charge in [0.15, 0.2) is 0 Å². The van der Waals surface area contributed by atoms with E-state index < -0.39 is 10.8 Å². The summed E-state index contributed by atoms with van der Waals surface area (Å²) in [6.07, 6.45) is 0. The first-order chi connectivity index (χ1) is 8.15. The standard InChI is InChI=1S/C12H11ClN2OS/c1-9-14-10(7-12(13)15-9)8-17(16)11-5-3-2-4-6-11/h2-7H,8H2,1H3/t17-/m0/s1. The molecule has 0 amide bonds. The molecule has 88 valence electrons. The van der Waals surface area contributed by atoms with E-state index in [1.165, 1.54) is 0 Å². The molecule has 0 aliphatic heterocycles. The Balaban J connectivity index is 2.19. The summed E-state index contributed by atoms with van der Waals surface area (Å²) in [6, 6.07) is 11.0. The van der Waals surface area contributed by atoms with Crippen molar-refractivity contribution >= 4 is 22.4 Å². The van der Waals surface area contributed by atoms with E-state index >= 15 is 0 Å². The van der Waals surface area contributed by atoms with Crippen LogP contribution >= 0.6 is 11.6 Å². The molecule has 0 radical (unpaired) electrons. The van der Waals surface area contributed by atoms with Crippen molar-refractivity contribution in [2.24, 2.45) is 0 Å². The summed E-state index contributed by atoms with van der Waals surface area (Å²) in [5, 5.41) is 0.387. The zero-order valence-corrected chi connectivity index (χ0v) is 10.8. The van der Waals surface area contributed by atoms with Crippen LogP contribution in [0.4, 0.5) is 0 Å². The van der Waals surface area contributed by atoms with Crippen LogP contribution in [-0.4, -0.2) is 14.2 Å². The molecule has 0 bridgehead atoms. The molecule has 0 aliphatic rings. The maximum atomic E-state index is 12.0. The lowest BCUT2D eigenvalue weighted by atomic mass is 10.4. The van der Waals surface area contributed by atoms with Gasteiger partial charge in [-0.25, -0.2) is 9.97 Å². The van der Waals surface area contributed by atoms with Crippen molar-refractivity contribution in [1.29, 1.82) is 0 Å². The lowest BCUT2D eigenvalue weighted by Crippen LogP contribution is -2.01. The second kappa shape index (κ2) is 5.38. The van der Waals surface area contributed by atoms with Crippen LogP contribution < -0.4 is 0 Å². The number of aromatic nitrogens is 2. The number of hydrogen-bond donors (Lipinski definition) is 0. The van der Waals surface area contributed by atoms with Crippen LogP contribution in [0.5, 0.6) is 0 Å². The van der Waals surface area contributed by atoms with Crippen LogP contribution in [0.3, 0.4) is 0 Å². The van der Waals surface area contributed by atoms with E-state index in [1.54, 1.807) is 13.0 Å². The molecule has 0 saturated carbocycles. The van der Waals surface area contributed by atoms with Crippen LogP contribution in [0.25, 0.3) is 0 Å². The summed E-state index contributed by atoms with van der Waals surface area (Å²) < 4.78 is 12.0. The Labute approximate surface area is 107 Å². The SMILES string of the molecule is Cc1nc(Cl)cc(C[S@](=O)c2ccccc2)n1. The van der Waals surface area contributed by atoms with Gasteiger partial charge < -0.3 is 0 Å². The lowest BCUT2D eigenvalue weighted by molar-refractivity contribution is 0.682. The topological polar surface area (TPSA) is 42.9 Å². The minimum atomic E-state index is -1.10. The smallest absolute Gasteiger partial charge is 0.133 e. The van der Waals surface area contributed by atoms with E-state index in [2.05, 4.69) is 9.97 Å². The molecule has 2 rings (SSSR count). The van der Waals surface area contributed by atoms with Gasteiger partial charge >= 0.3 is 0 Å². The summed E-state index contributed by atoms with van der Waals surface area (Å²) in [5.41, 5.74) is 0.699. The molecule has 1 aromatic heterocycles. The molecule has 2 aromatic rings. The van der Waals surface area contributed by atoms with Crippen LogP contribution in [0.1, 0.15) is 11.5 Å². The van der Waals surface area contributed by atoms with E-state index in [0.717, 1.165) is 4.90 Å². The summed E-state index contributed by atoms with van der Waals surface area (Å²) in [6.45, 7) is 1.76. The number of aryl methyl sites for hydroxylation is 1. The zero-order valence-electron chi connectivity index (χ0n) is 9.26. The Kier molecular flexibility index (Phi) is 3.86. The van der Waals surface area contributed by atoms with Gasteiger partial charge in [0.2, 0.25) is 0 Å². The van der Waals surface area contributed by atoms with Crippen molar-refractivity contribution < 1.29 is 4.21 Å². The summed E-state index contributed by atoms with van der Waals surface area (Å²) >= 11 is 5.83. The van der Waals surface area contributed by atoms with Gasteiger partial charge in [-0.2, -0.15) is 0 Å². The maximum Gasteiger partial charge on any atom is 0.133 e. The molecule has 1 atom stereocenters. The maximum absolute atomic E-state index is 12.0. The Morgan fingerprint density at radius 1 is 1.24 bits per heavy atom. The van der Waals surface area contributed by atoms with Crippen LogP contribution in [0.15, 0.2) is 41.3 Å². The van der Waals surface area contributed by atoms with Gasteiger partial charge in [0.1, 0.15) is 11.0 Å². The zero-order chi connectivity index (χ0) is 12.3. The molecule has 0 saturated heterocycles. The van der Waals surface area contributed by atoms with Crippen molar-refractivity contribution in [2.45, 2.75) is 17.6 Å². The molecule has 1 aromatic carbocycles. The quantitative estimate of drug-likeness (QED) is 0.803. The monoisotopic (exact) mass is 266 g/mol. The molecular weight excluding hydrogens is 256 g/mol. The molecule has 0 aliphatic carbocycles. The second-order valence-corrected chi connectivity index (χ2v) is 5.37. The number of nitrogens with zero attached hydrogens (tertiary/aromatic N) is 2. The van der Waals surface area contributed by atoms with Gasteiger partial charge in [-0.1, -0.05) is 29.8 Å². The van der Waals surface area contributed by atoms with Gasteiger partial charge in [-0.05, 0) is 25.1 Å². The number of benzene rings is 1. The normalized spacial score (nSPS) is 12.4. The molecule has 3 nitrogen and oxygen atoms in total. The lowest BCUT2D eigenvalue weighted by Gasteiger charge is -2.03. The summed E-state index contributed by atoms with van der Waals surface area (Å²) in [7, 11) is -1.10. The van der Waals surface area contributed by atoms with E-state index in [9.17, 15) is 4.21 Å². The Bertz CT molecular complexity index is 525. The van der Waals surface area contributed by atoms with Crippen molar-refractivity contribution in [3.63, 3.8) is 0 Å². The molecular formula is C12H11ClN2OS. The first-order valence-electron chi connectivity index (χ1n) is 5.08. The fraction of sp³-hybridized carbons (Fsp3) is 0.167. The van der Waals surface area contributed by atoms with Crippen LogP contribution in [-0.2, 0) is 16.6 Å². The summed E-state index contributed by atoms with van der Waals surface area (Å²) in [5.74, 6) is 0.949. The number of halogens is 1. The first-order valence-corrected chi connectivity index (χ1v) is 6.78. The van der Waals surface area contributed by atoms with Gasteiger partial charge in [0.05, 0.1) is 22.2 Å². The Morgan fingerprint density at radius 3 is 2.59 bits per heavy atom. The minimum absolute atomic E-state index is 0.354. The molecule has 1 heterocycles. The predicted octanol–water partition coefficient (Wildman–Crippen LogP) is 2.75. The van der Waals surface area contributed by atoms with Crippen molar-refractivity contribution in [3.05, 3.63) is 53.1 Å². The third-order valence-corrected chi connectivity index (χ3v) is 3.69. The fourth-order valence-corrected chi connectivity index (χ4v) is 2.75. The Morgan fingerprint density at radius 2 is 1.94 bits per heavy atom. The van der Waals surface area contributed by atoms with Gasteiger partial charge in [0, 0.05) is 4.90 Å². The van der Waals surface area contributed by atoms with Gasteiger partial charge in [-0.3, -0.25) is 4.21 Å². The van der Waals surface area contributed by atoms with E-state index in [-0.39, 0.29) is 0 Å². The largest absolute Gasteiger partial charge is 0.254 e. The highest BCUT2D eigenvalue weighted by Crippen LogP contribution is 2.13. The highest BCUT2D eigenvalue weighted by molar-refractivity contribution is 7.84. The third kappa shape index (κ3) is 3.35. The van der Waals surface area contributed by atoms with Gasteiger partial charge in [-0.15, -0.1) is 0 Å². The van der Waals surface area contributed by atoms with E-state index in [0.29, 0.717) is 22.4 Å². The highest BCUT2D eigenvalue weighted by Gasteiger charge is 2.07. The van der Waals surface area contributed by atoms with Crippen LogP contribution in [0, 0.1) is 6.92 Å². The molecule has 5 heteroatoms. The molecule has 0 spiro atoms. The van der Waals surface area contributed by atoms with Gasteiger partial charge in [0.25, 0.3) is 0 Å². The average Bonchev–Trinajstić information content (AvgIpc) is 2.28. The number of hydrogen-bond acceptors (Lipinski definition) is 3. The molecule has 0 N–H and O–H groups in total. The highest BCUT2D eigenvalue weighted by atomic mass is 35.5. The summed E-state index contributed by atoms with van der Waals surface area (Å²) in [4.78, 5) is 8.97. The minimum Gasteiger partial charge on any atom is -0.254 e. The molecule has 0 fully saturated rings. The third-order valence-electron chi connectivity index (χ3n) is 2.14. The average molecular weight is 267 g/mol. The predicted molar refractivity (Wildman–Crippen MR) is 68.3 cm³/mol. The first kappa shape index (κ1) is 12.2. The van der Waals surface area contributed by atoms with E-state index in [4.69, 9.17) is 11.6 Å². The van der Waals surface area contributed by atoms with Crippen molar-refractivity contribution in [3.8, 4) is 0 Å². The number of rotatable bonds is 3. The second-order valence-electron chi connectivity index (χ2n) is 3.53. The molecule has 0 unspecified atom stereocenters. The molecule has 17 heavy (non-hydrogen) atoms. The van der Waals surface area contributed by atoms with Crippen LogP contribution in [0.2, 0.25) is 5.15 Å². The fourth-order valence-electron chi connectivity index (χ4n) is 1.45. The Hall–Kier alpha value is -1.26. The van der Waals surface area contributed by atoms with Crippen molar-refractivity contribution in [1.82, 2.24) is 9.97 Å². The van der Waals surface area contributed by atoms with Crippen molar-refractivity contribution in [2.75, 3.05) is 0 Å².